The average molecular weight is 469 g/mol. The number of hydrogen-bond acceptors (Lipinski definition) is 5. The third kappa shape index (κ3) is 5.27. The van der Waals surface area contributed by atoms with Crippen LogP contribution < -0.4 is 15.4 Å². The van der Waals surface area contributed by atoms with Crippen LogP contribution in [0.2, 0.25) is 5.02 Å². The van der Waals surface area contributed by atoms with Crippen LogP contribution in [-0.2, 0) is 29.0 Å². The van der Waals surface area contributed by atoms with Crippen LogP contribution in [0.3, 0.4) is 0 Å². The van der Waals surface area contributed by atoms with Crippen LogP contribution in [0.5, 0.6) is 5.75 Å². The Kier molecular flexibility index (Phi) is 6.72. The second-order valence-corrected chi connectivity index (χ2v) is 8.67. The standard InChI is InChI=1S/C23H21ClN4O3S/c1-31-16-7-4-5-14(9-16)10-21(30)26-22-18-11-17(32-23(18)28-27-22)12-20(29)25-13-15-6-2-3-8-19(15)24/h2-9,11H,10,12-13H2,1H3,(H,25,29)(H2,26,27,28,30). The van der Waals surface area contributed by atoms with Crippen molar-refractivity contribution in [2.24, 2.45) is 0 Å². The van der Waals surface area contributed by atoms with Gasteiger partial charge in [-0.15, -0.1) is 11.3 Å². The summed E-state index contributed by atoms with van der Waals surface area (Å²) < 4.78 is 5.20. The van der Waals surface area contributed by atoms with E-state index in [1.807, 2.05) is 48.5 Å². The summed E-state index contributed by atoms with van der Waals surface area (Å²) in [7, 11) is 1.59. The highest BCUT2D eigenvalue weighted by Crippen LogP contribution is 2.29. The smallest absolute Gasteiger partial charge is 0.229 e. The molecular formula is C23H21ClN4O3S. The van der Waals surface area contributed by atoms with Crippen molar-refractivity contribution in [3.05, 3.63) is 75.6 Å². The van der Waals surface area contributed by atoms with Gasteiger partial charge in [0.25, 0.3) is 0 Å². The van der Waals surface area contributed by atoms with Crippen molar-refractivity contribution in [1.82, 2.24) is 15.5 Å². The normalized spacial score (nSPS) is 10.8. The molecule has 0 saturated heterocycles. The zero-order valence-corrected chi connectivity index (χ0v) is 18.8. The summed E-state index contributed by atoms with van der Waals surface area (Å²) in [6, 6.07) is 16.6. The molecule has 0 aliphatic rings. The number of aromatic nitrogens is 2. The summed E-state index contributed by atoms with van der Waals surface area (Å²) in [6.45, 7) is 0.368. The van der Waals surface area contributed by atoms with Crippen molar-refractivity contribution in [1.29, 1.82) is 0 Å². The second kappa shape index (κ2) is 9.84. The van der Waals surface area contributed by atoms with Crippen LogP contribution in [0.4, 0.5) is 5.82 Å². The number of hydrogen-bond donors (Lipinski definition) is 3. The quantitative estimate of drug-likeness (QED) is 0.358. The zero-order chi connectivity index (χ0) is 22.5. The molecule has 9 heteroatoms. The molecule has 0 unspecified atom stereocenters. The molecule has 3 N–H and O–H groups in total. The fourth-order valence-corrected chi connectivity index (χ4v) is 4.44. The van der Waals surface area contributed by atoms with E-state index in [2.05, 4.69) is 20.8 Å². The number of methoxy groups -OCH3 is 1. The molecule has 164 valence electrons. The van der Waals surface area contributed by atoms with Crippen molar-refractivity contribution >= 4 is 50.8 Å². The van der Waals surface area contributed by atoms with Gasteiger partial charge < -0.3 is 15.4 Å². The first-order valence-electron chi connectivity index (χ1n) is 9.91. The van der Waals surface area contributed by atoms with Gasteiger partial charge in [0.15, 0.2) is 0 Å². The fourth-order valence-electron chi connectivity index (χ4n) is 3.25. The Morgan fingerprint density at radius 1 is 1.09 bits per heavy atom. The van der Waals surface area contributed by atoms with Gasteiger partial charge in [-0.25, -0.2) is 0 Å². The predicted molar refractivity (Wildman–Crippen MR) is 126 cm³/mol. The minimum atomic E-state index is -0.172. The first-order valence-corrected chi connectivity index (χ1v) is 11.1. The van der Waals surface area contributed by atoms with Crippen LogP contribution in [0.1, 0.15) is 16.0 Å². The van der Waals surface area contributed by atoms with Gasteiger partial charge in [-0.1, -0.05) is 41.9 Å². The SMILES string of the molecule is COc1cccc(CC(=O)Nc2[nH]nc3sc(CC(=O)NCc4ccccc4Cl)cc23)c1. The molecule has 7 nitrogen and oxygen atoms in total. The van der Waals surface area contributed by atoms with Crippen LogP contribution in [0.25, 0.3) is 10.2 Å². The molecule has 0 radical (unpaired) electrons. The van der Waals surface area contributed by atoms with E-state index in [4.69, 9.17) is 16.3 Å². The van der Waals surface area contributed by atoms with Gasteiger partial charge in [0, 0.05) is 16.4 Å². The van der Waals surface area contributed by atoms with Gasteiger partial charge in [-0.3, -0.25) is 14.7 Å². The molecule has 2 aromatic carbocycles. The van der Waals surface area contributed by atoms with E-state index in [9.17, 15) is 9.59 Å². The van der Waals surface area contributed by atoms with Crippen molar-refractivity contribution in [2.75, 3.05) is 12.4 Å². The van der Waals surface area contributed by atoms with E-state index in [0.29, 0.717) is 23.1 Å². The third-order valence-electron chi connectivity index (χ3n) is 4.83. The summed E-state index contributed by atoms with van der Waals surface area (Å²) in [4.78, 5) is 26.4. The van der Waals surface area contributed by atoms with E-state index in [1.54, 1.807) is 13.2 Å². The molecule has 0 aliphatic carbocycles. The number of nitrogens with one attached hydrogen (secondary N) is 3. The van der Waals surface area contributed by atoms with Gasteiger partial charge in [0.1, 0.15) is 16.4 Å². The molecule has 0 spiro atoms. The second-order valence-electron chi connectivity index (χ2n) is 7.15. The lowest BCUT2D eigenvalue weighted by Gasteiger charge is -2.06. The maximum Gasteiger partial charge on any atom is 0.229 e. The first kappa shape index (κ1) is 21.9. The molecule has 2 aromatic heterocycles. The van der Waals surface area contributed by atoms with Gasteiger partial charge in [0.2, 0.25) is 11.8 Å². The molecule has 0 aliphatic heterocycles. The molecule has 0 saturated carbocycles. The zero-order valence-electron chi connectivity index (χ0n) is 17.3. The van der Waals surface area contributed by atoms with E-state index >= 15 is 0 Å². The number of aromatic amines is 1. The fraction of sp³-hybridized carbons (Fsp3) is 0.174. The Morgan fingerprint density at radius 2 is 1.94 bits per heavy atom. The predicted octanol–water partition coefficient (Wildman–Crippen LogP) is 4.33. The highest BCUT2D eigenvalue weighted by Gasteiger charge is 2.15. The Balaban J connectivity index is 1.37. The van der Waals surface area contributed by atoms with Crippen LogP contribution in [-0.4, -0.2) is 29.1 Å². The molecule has 4 rings (SSSR count). The third-order valence-corrected chi connectivity index (χ3v) is 6.23. The van der Waals surface area contributed by atoms with Gasteiger partial charge in [-0.2, -0.15) is 5.10 Å². The summed E-state index contributed by atoms with van der Waals surface area (Å²) in [5, 5.41) is 14.3. The van der Waals surface area contributed by atoms with Gasteiger partial charge >= 0.3 is 0 Å². The number of thiophene rings is 1. The Labute approximate surface area is 193 Å². The molecule has 0 fully saturated rings. The number of fused-ring (bicyclic) bond motifs is 1. The van der Waals surface area contributed by atoms with Gasteiger partial charge in [-0.05, 0) is 35.4 Å². The van der Waals surface area contributed by atoms with E-state index in [0.717, 1.165) is 26.2 Å². The van der Waals surface area contributed by atoms with Crippen molar-refractivity contribution in [3.63, 3.8) is 0 Å². The van der Waals surface area contributed by atoms with Crippen LogP contribution >= 0.6 is 22.9 Å². The number of benzene rings is 2. The summed E-state index contributed by atoms with van der Waals surface area (Å²) in [6.07, 6.45) is 0.432. The first-order chi connectivity index (χ1) is 15.5. The number of amides is 2. The van der Waals surface area contributed by atoms with E-state index in [-0.39, 0.29) is 24.7 Å². The number of carbonyl (C=O) groups is 2. The number of rotatable bonds is 8. The van der Waals surface area contributed by atoms with Crippen LogP contribution in [0.15, 0.2) is 54.6 Å². The Morgan fingerprint density at radius 3 is 2.75 bits per heavy atom. The topological polar surface area (TPSA) is 96.1 Å². The number of nitrogens with zero attached hydrogens (tertiary/aromatic N) is 1. The molecule has 4 aromatic rings. The highest BCUT2D eigenvalue weighted by molar-refractivity contribution is 7.18. The van der Waals surface area contributed by atoms with E-state index in [1.165, 1.54) is 11.3 Å². The lowest BCUT2D eigenvalue weighted by Crippen LogP contribution is -2.24. The number of carbonyl (C=O) groups excluding carboxylic acids is 2. The molecule has 32 heavy (non-hydrogen) atoms. The highest BCUT2D eigenvalue weighted by atomic mass is 35.5. The summed E-state index contributed by atoms with van der Waals surface area (Å²) >= 11 is 7.54. The Bertz CT molecular complexity index is 1270. The molecule has 0 bridgehead atoms. The molecule has 2 heterocycles. The van der Waals surface area contributed by atoms with Crippen molar-refractivity contribution in [2.45, 2.75) is 19.4 Å². The van der Waals surface area contributed by atoms with Crippen LogP contribution in [0, 0.1) is 0 Å². The lowest BCUT2D eigenvalue weighted by atomic mass is 10.1. The monoisotopic (exact) mass is 468 g/mol. The van der Waals surface area contributed by atoms with Gasteiger partial charge in [0.05, 0.1) is 25.3 Å². The maximum absolute atomic E-state index is 12.5. The molecule has 0 atom stereocenters. The minimum Gasteiger partial charge on any atom is -0.497 e. The van der Waals surface area contributed by atoms with Crippen molar-refractivity contribution < 1.29 is 14.3 Å². The Hall–Kier alpha value is -3.36. The summed E-state index contributed by atoms with van der Waals surface area (Å²) in [5.41, 5.74) is 1.71. The largest absolute Gasteiger partial charge is 0.497 e. The molecule has 2 amide bonds. The van der Waals surface area contributed by atoms with E-state index < -0.39 is 0 Å². The number of anilines is 1. The minimum absolute atomic E-state index is 0.110. The molecular weight excluding hydrogens is 448 g/mol. The lowest BCUT2D eigenvalue weighted by molar-refractivity contribution is -0.120. The number of ether oxygens (including phenoxy) is 1. The number of halogens is 1. The maximum atomic E-state index is 12.5. The number of H-pyrrole nitrogens is 1. The van der Waals surface area contributed by atoms with Crippen molar-refractivity contribution in [3.8, 4) is 5.75 Å². The average Bonchev–Trinajstić information content (AvgIpc) is 3.34. The summed E-state index contributed by atoms with van der Waals surface area (Å²) in [5.74, 6) is 0.942.